The van der Waals surface area contributed by atoms with Crippen molar-refractivity contribution in [2.75, 3.05) is 23.3 Å². The fraction of sp³-hybridized carbons (Fsp3) is 0.444. The molecule has 1 atom stereocenters. The number of anilines is 2. The van der Waals surface area contributed by atoms with E-state index in [9.17, 15) is 10.1 Å². The molecule has 1 unspecified atom stereocenters. The third-order valence-electron chi connectivity index (χ3n) is 4.72. The first kappa shape index (κ1) is 17.1. The molecule has 132 valence electrons. The van der Waals surface area contributed by atoms with E-state index in [4.69, 9.17) is 0 Å². The van der Waals surface area contributed by atoms with Gasteiger partial charge in [0, 0.05) is 13.1 Å². The highest BCUT2D eigenvalue weighted by Crippen LogP contribution is 2.35. The molecule has 0 aliphatic carbocycles. The fourth-order valence-corrected chi connectivity index (χ4v) is 3.13. The quantitative estimate of drug-likeness (QED) is 0.658. The molecule has 1 aromatic carbocycles. The molecular weight excluding hydrogens is 318 g/mol. The zero-order chi connectivity index (χ0) is 17.8. The molecule has 1 fully saturated rings. The molecule has 1 N–H and O–H groups in total. The van der Waals surface area contributed by atoms with E-state index in [0.717, 1.165) is 31.5 Å². The minimum absolute atomic E-state index is 0.0418. The predicted molar refractivity (Wildman–Crippen MR) is 97.8 cm³/mol. The highest BCUT2D eigenvalue weighted by atomic mass is 16.6. The molecule has 2 heterocycles. The van der Waals surface area contributed by atoms with Crippen molar-refractivity contribution in [1.82, 2.24) is 9.97 Å². The Balaban J connectivity index is 1.89. The molecule has 0 amide bonds. The molecule has 0 saturated carbocycles. The van der Waals surface area contributed by atoms with Crippen LogP contribution >= 0.6 is 0 Å². The van der Waals surface area contributed by atoms with Gasteiger partial charge in [-0.05, 0) is 31.2 Å². The molecule has 7 heteroatoms. The summed E-state index contributed by atoms with van der Waals surface area (Å²) in [6.07, 6.45) is 3.44. The van der Waals surface area contributed by atoms with E-state index in [1.807, 2.05) is 42.2 Å². The van der Waals surface area contributed by atoms with Crippen molar-refractivity contribution in [3.8, 4) is 0 Å². The number of nitrogens with one attached hydrogen (secondary N) is 1. The molecule has 7 nitrogen and oxygen atoms in total. The zero-order valence-electron chi connectivity index (χ0n) is 14.6. The maximum Gasteiger partial charge on any atom is 0.353 e. The summed E-state index contributed by atoms with van der Waals surface area (Å²) in [5.41, 5.74) is 1.00. The average Bonchev–Trinajstić information content (AvgIpc) is 2.62. The van der Waals surface area contributed by atoms with Crippen molar-refractivity contribution in [1.29, 1.82) is 0 Å². The Labute approximate surface area is 147 Å². The Hall–Kier alpha value is -2.70. The summed E-state index contributed by atoms with van der Waals surface area (Å²) < 4.78 is 0. The van der Waals surface area contributed by atoms with Crippen LogP contribution < -0.4 is 10.2 Å². The number of aromatic nitrogens is 2. The van der Waals surface area contributed by atoms with Gasteiger partial charge in [-0.2, -0.15) is 0 Å². The van der Waals surface area contributed by atoms with Gasteiger partial charge in [0.25, 0.3) is 0 Å². The zero-order valence-corrected chi connectivity index (χ0v) is 14.6. The number of hydrogen-bond acceptors (Lipinski definition) is 6. The van der Waals surface area contributed by atoms with Gasteiger partial charge >= 0.3 is 5.69 Å². The second kappa shape index (κ2) is 7.46. The number of nitro groups is 1. The smallest absolute Gasteiger partial charge is 0.353 e. The normalized spacial score (nSPS) is 16.5. The number of nitrogens with zero attached hydrogens (tertiary/aromatic N) is 4. The minimum Gasteiger partial charge on any atom is -0.358 e. The van der Waals surface area contributed by atoms with Gasteiger partial charge in [0.1, 0.15) is 6.33 Å². The second-order valence-corrected chi connectivity index (χ2v) is 6.60. The molecular formula is C18H23N5O2. The van der Waals surface area contributed by atoms with Gasteiger partial charge in [-0.25, -0.2) is 9.97 Å². The summed E-state index contributed by atoms with van der Waals surface area (Å²) in [5.74, 6) is 1.33. The lowest BCUT2D eigenvalue weighted by atomic mass is 9.99. The van der Waals surface area contributed by atoms with Crippen molar-refractivity contribution in [2.24, 2.45) is 5.92 Å². The lowest BCUT2D eigenvalue weighted by molar-refractivity contribution is -0.383. The van der Waals surface area contributed by atoms with Crippen LogP contribution in [0.15, 0.2) is 36.7 Å². The van der Waals surface area contributed by atoms with Gasteiger partial charge in [0.05, 0.1) is 11.0 Å². The number of rotatable bonds is 5. The number of piperidine rings is 1. The van der Waals surface area contributed by atoms with Crippen molar-refractivity contribution >= 4 is 17.3 Å². The summed E-state index contributed by atoms with van der Waals surface area (Å²) in [6, 6.07) is 9.71. The van der Waals surface area contributed by atoms with Crippen molar-refractivity contribution in [2.45, 2.75) is 32.7 Å². The molecule has 3 rings (SSSR count). The van der Waals surface area contributed by atoms with Crippen LogP contribution in [0.3, 0.4) is 0 Å². The number of hydrogen-bond donors (Lipinski definition) is 1. The van der Waals surface area contributed by atoms with Crippen LogP contribution in [0.2, 0.25) is 0 Å². The predicted octanol–water partition coefficient (Wildman–Crippen LogP) is 3.79. The first-order valence-corrected chi connectivity index (χ1v) is 8.62. The summed E-state index contributed by atoms with van der Waals surface area (Å²) in [7, 11) is 0. The Morgan fingerprint density at radius 2 is 1.92 bits per heavy atom. The molecule has 2 aromatic rings. The van der Waals surface area contributed by atoms with Gasteiger partial charge < -0.3 is 10.2 Å². The second-order valence-electron chi connectivity index (χ2n) is 6.60. The minimum atomic E-state index is -0.382. The van der Waals surface area contributed by atoms with Crippen LogP contribution in [-0.4, -0.2) is 28.0 Å². The summed E-state index contributed by atoms with van der Waals surface area (Å²) in [6.45, 7) is 5.74. The first-order valence-electron chi connectivity index (χ1n) is 8.62. The standard InChI is InChI=1S/C18H23N5O2/c1-13-8-10-22(11-9-13)18-16(23(24)25)17(19-12-20-18)21-14(2)15-6-4-3-5-7-15/h3-7,12-14H,8-11H2,1-2H3,(H,19,20,21). The van der Waals surface area contributed by atoms with E-state index in [1.54, 1.807) is 0 Å². The fourth-order valence-electron chi connectivity index (χ4n) is 3.13. The van der Waals surface area contributed by atoms with Gasteiger partial charge in [0.2, 0.25) is 11.6 Å². The van der Waals surface area contributed by atoms with Crippen molar-refractivity contribution in [3.63, 3.8) is 0 Å². The van der Waals surface area contributed by atoms with Crippen LogP contribution in [0.4, 0.5) is 17.3 Å². The largest absolute Gasteiger partial charge is 0.358 e. The SMILES string of the molecule is CC1CCN(c2ncnc(NC(C)c3ccccc3)c2[N+](=O)[O-])CC1. The molecule has 0 bridgehead atoms. The Morgan fingerprint density at radius 1 is 1.24 bits per heavy atom. The van der Waals surface area contributed by atoms with Crippen LogP contribution in [0.1, 0.15) is 38.3 Å². The molecule has 1 aromatic heterocycles. The Kier molecular flexibility index (Phi) is 5.11. The third kappa shape index (κ3) is 3.87. The molecule has 1 aliphatic heterocycles. The van der Waals surface area contributed by atoms with Crippen LogP contribution in [0.25, 0.3) is 0 Å². The highest BCUT2D eigenvalue weighted by molar-refractivity contribution is 5.70. The van der Waals surface area contributed by atoms with Crippen molar-refractivity contribution in [3.05, 3.63) is 52.3 Å². The van der Waals surface area contributed by atoms with Crippen LogP contribution in [-0.2, 0) is 0 Å². The van der Waals surface area contributed by atoms with E-state index < -0.39 is 0 Å². The van der Waals surface area contributed by atoms with E-state index in [1.165, 1.54) is 6.33 Å². The van der Waals surface area contributed by atoms with Crippen LogP contribution in [0.5, 0.6) is 0 Å². The van der Waals surface area contributed by atoms with Gasteiger partial charge in [0.15, 0.2) is 0 Å². The van der Waals surface area contributed by atoms with Crippen LogP contribution in [0, 0.1) is 16.0 Å². The van der Waals surface area contributed by atoms with Gasteiger partial charge in [-0.3, -0.25) is 10.1 Å². The lowest BCUT2D eigenvalue weighted by Crippen LogP contribution is -2.34. The van der Waals surface area contributed by atoms with Crippen molar-refractivity contribution < 1.29 is 4.92 Å². The molecule has 1 saturated heterocycles. The van der Waals surface area contributed by atoms with Gasteiger partial charge in [-0.15, -0.1) is 0 Å². The summed E-state index contributed by atoms with van der Waals surface area (Å²) in [4.78, 5) is 21.7. The third-order valence-corrected chi connectivity index (χ3v) is 4.72. The van der Waals surface area contributed by atoms with E-state index >= 15 is 0 Å². The van der Waals surface area contributed by atoms with E-state index in [-0.39, 0.29) is 22.5 Å². The van der Waals surface area contributed by atoms with E-state index in [0.29, 0.717) is 11.7 Å². The molecule has 0 spiro atoms. The highest BCUT2D eigenvalue weighted by Gasteiger charge is 2.29. The van der Waals surface area contributed by atoms with Gasteiger partial charge in [-0.1, -0.05) is 37.3 Å². The number of benzene rings is 1. The Bertz CT molecular complexity index is 730. The van der Waals surface area contributed by atoms with E-state index in [2.05, 4.69) is 22.2 Å². The Morgan fingerprint density at radius 3 is 2.56 bits per heavy atom. The molecule has 25 heavy (non-hydrogen) atoms. The molecule has 0 radical (unpaired) electrons. The maximum atomic E-state index is 11.7. The first-order chi connectivity index (χ1) is 12.1. The lowest BCUT2D eigenvalue weighted by Gasteiger charge is -2.31. The maximum absolute atomic E-state index is 11.7. The monoisotopic (exact) mass is 341 g/mol. The summed E-state index contributed by atoms with van der Waals surface area (Å²) >= 11 is 0. The average molecular weight is 341 g/mol. The topological polar surface area (TPSA) is 84.2 Å². The molecule has 1 aliphatic rings. The summed E-state index contributed by atoms with van der Waals surface area (Å²) in [5, 5.41) is 14.9.